The Balaban J connectivity index is 2.36. The summed E-state index contributed by atoms with van der Waals surface area (Å²) < 4.78 is 3.06. The second-order valence-electron chi connectivity index (χ2n) is 3.66. The quantitative estimate of drug-likeness (QED) is 0.617. The van der Waals surface area contributed by atoms with E-state index in [-0.39, 0.29) is 0 Å². The molecule has 0 atom stereocenters. The minimum atomic E-state index is 0.424. The van der Waals surface area contributed by atoms with E-state index in [4.69, 9.17) is 11.6 Å². The molecule has 2 rings (SSSR count). The summed E-state index contributed by atoms with van der Waals surface area (Å²) in [4.78, 5) is 8.92. The first-order valence-electron chi connectivity index (χ1n) is 5.32. The molecule has 2 aromatic heterocycles. The number of nitrogens with zero attached hydrogens (tertiary/aromatic N) is 3. The van der Waals surface area contributed by atoms with Crippen molar-refractivity contribution < 1.29 is 0 Å². The van der Waals surface area contributed by atoms with E-state index in [2.05, 4.69) is 36.7 Å². The predicted octanol–water partition coefficient (Wildman–Crippen LogP) is 3.69. The average molecular weight is 335 g/mol. The summed E-state index contributed by atoms with van der Waals surface area (Å²) in [5.41, 5.74) is 1.82. The molecule has 17 heavy (non-hydrogen) atoms. The minimum Gasteiger partial charge on any atom is -0.312 e. The van der Waals surface area contributed by atoms with Gasteiger partial charge < -0.3 is 4.57 Å². The van der Waals surface area contributed by atoms with Gasteiger partial charge in [-0.25, -0.2) is 9.97 Å². The number of aryl methyl sites for hydroxylation is 1. The Morgan fingerprint density at radius 3 is 3.06 bits per heavy atom. The van der Waals surface area contributed by atoms with Gasteiger partial charge in [0.15, 0.2) is 5.65 Å². The van der Waals surface area contributed by atoms with Crippen LogP contribution in [-0.4, -0.2) is 26.5 Å². The zero-order valence-electron chi connectivity index (χ0n) is 9.49. The fourth-order valence-electron chi connectivity index (χ4n) is 1.74. The number of hydrogen-bond acceptors (Lipinski definition) is 3. The van der Waals surface area contributed by atoms with E-state index >= 15 is 0 Å². The number of alkyl halides is 1. The van der Waals surface area contributed by atoms with Gasteiger partial charge in [0.05, 0.1) is 5.88 Å². The van der Waals surface area contributed by atoms with Crippen LogP contribution >= 0.6 is 39.3 Å². The zero-order valence-corrected chi connectivity index (χ0v) is 12.6. The van der Waals surface area contributed by atoms with Crippen molar-refractivity contribution in [1.29, 1.82) is 0 Å². The van der Waals surface area contributed by atoms with E-state index < -0.39 is 0 Å². The number of imidazole rings is 1. The van der Waals surface area contributed by atoms with Gasteiger partial charge in [0, 0.05) is 17.2 Å². The number of halogens is 2. The Morgan fingerprint density at radius 2 is 2.35 bits per heavy atom. The maximum atomic E-state index is 5.93. The van der Waals surface area contributed by atoms with Crippen LogP contribution in [0.5, 0.6) is 0 Å². The second kappa shape index (κ2) is 6.07. The van der Waals surface area contributed by atoms with Gasteiger partial charge in [-0.2, -0.15) is 11.8 Å². The van der Waals surface area contributed by atoms with Crippen molar-refractivity contribution >= 4 is 50.5 Å². The summed E-state index contributed by atoms with van der Waals surface area (Å²) in [6.07, 6.45) is 5.02. The molecule has 0 aliphatic carbocycles. The van der Waals surface area contributed by atoms with Crippen LogP contribution in [0.1, 0.15) is 12.2 Å². The van der Waals surface area contributed by atoms with Gasteiger partial charge in [-0.3, -0.25) is 0 Å². The molecular formula is C11H13BrClN3S. The second-order valence-corrected chi connectivity index (χ2v) is 5.82. The van der Waals surface area contributed by atoms with E-state index in [1.807, 2.05) is 17.8 Å². The molecule has 0 aliphatic rings. The lowest BCUT2D eigenvalue weighted by atomic mass is 10.4. The van der Waals surface area contributed by atoms with Gasteiger partial charge in [-0.05, 0) is 40.4 Å². The van der Waals surface area contributed by atoms with E-state index in [0.717, 1.165) is 40.2 Å². The number of rotatable bonds is 5. The molecular weight excluding hydrogens is 322 g/mol. The molecule has 0 saturated heterocycles. The normalized spacial score (nSPS) is 11.2. The molecule has 0 N–H and O–H groups in total. The van der Waals surface area contributed by atoms with E-state index in [0.29, 0.717) is 5.88 Å². The Labute approximate surface area is 118 Å². The van der Waals surface area contributed by atoms with Crippen LogP contribution < -0.4 is 0 Å². The van der Waals surface area contributed by atoms with Gasteiger partial charge in [-0.15, -0.1) is 11.6 Å². The molecule has 0 radical (unpaired) electrons. The number of thioether (sulfide) groups is 1. The Hall–Kier alpha value is -0.260. The Kier molecular flexibility index (Phi) is 4.70. The third-order valence-corrected chi connectivity index (χ3v) is 3.85. The molecule has 2 heterocycles. The fourth-order valence-corrected chi connectivity index (χ4v) is 2.68. The van der Waals surface area contributed by atoms with Crippen molar-refractivity contribution in [3.05, 3.63) is 22.6 Å². The Morgan fingerprint density at radius 1 is 1.53 bits per heavy atom. The highest BCUT2D eigenvalue weighted by molar-refractivity contribution is 9.10. The van der Waals surface area contributed by atoms with E-state index in [1.54, 1.807) is 6.20 Å². The van der Waals surface area contributed by atoms with Crippen LogP contribution in [0.3, 0.4) is 0 Å². The fraction of sp³-hybridized carbons (Fsp3) is 0.455. The summed E-state index contributed by atoms with van der Waals surface area (Å²) in [6.45, 7) is 0.925. The van der Waals surface area contributed by atoms with Crippen molar-refractivity contribution in [3.8, 4) is 0 Å². The van der Waals surface area contributed by atoms with E-state index in [1.165, 1.54) is 0 Å². The molecule has 0 spiro atoms. The molecule has 0 aromatic carbocycles. The van der Waals surface area contributed by atoms with Crippen LogP contribution in [0.25, 0.3) is 11.2 Å². The van der Waals surface area contributed by atoms with Crippen molar-refractivity contribution in [1.82, 2.24) is 14.5 Å². The number of hydrogen-bond donors (Lipinski definition) is 0. The molecule has 0 saturated carbocycles. The van der Waals surface area contributed by atoms with Gasteiger partial charge in [0.2, 0.25) is 0 Å². The van der Waals surface area contributed by atoms with Crippen LogP contribution in [0.15, 0.2) is 16.7 Å². The molecule has 0 bridgehead atoms. The molecule has 2 aromatic rings. The molecule has 0 fully saturated rings. The zero-order chi connectivity index (χ0) is 12.3. The summed E-state index contributed by atoms with van der Waals surface area (Å²) in [7, 11) is 0. The van der Waals surface area contributed by atoms with Crippen LogP contribution in [-0.2, 0) is 12.4 Å². The maximum absolute atomic E-state index is 5.93. The largest absolute Gasteiger partial charge is 0.312 e. The molecule has 0 amide bonds. The smallest absolute Gasteiger partial charge is 0.160 e. The average Bonchev–Trinajstić information content (AvgIpc) is 2.67. The van der Waals surface area contributed by atoms with Crippen molar-refractivity contribution in [2.45, 2.75) is 18.8 Å². The van der Waals surface area contributed by atoms with Crippen molar-refractivity contribution in [2.75, 3.05) is 12.0 Å². The third kappa shape index (κ3) is 2.95. The SMILES string of the molecule is CSCCCn1c(CCl)nc2cc(Br)cnc21. The molecule has 0 unspecified atom stereocenters. The van der Waals surface area contributed by atoms with Crippen molar-refractivity contribution in [2.24, 2.45) is 0 Å². The molecule has 3 nitrogen and oxygen atoms in total. The predicted molar refractivity (Wildman–Crippen MR) is 77.8 cm³/mol. The van der Waals surface area contributed by atoms with Crippen LogP contribution in [0.4, 0.5) is 0 Å². The summed E-state index contributed by atoms with van der Waals surface area (Å²) in [5, 5.41) is 0. The lowest BCUT2D eigenvalue weighted by molar-refractivity contribution is 0.671. The monoisotopic (exact) mass is 333 g/mol. The van der Waals surface area contributed by atoms with Crippen molar-refractivity contribution in [3.63, 3.8) is 0 Å². The maximum Gasteiger partial charge on any atom is 0.160 e. The summed E-state index contributed by atoms with van der Waals surface area (Å²) in [5.74, 6) is 2.46. The van der Waals surface area contributed by atoms with Gasteiger partial charge in [0.1, 0.15) is 11.3 Å². The summed E-state index contributed by atoms with van der Waals surface area (Å²) in [6, 6.07) is 1.98. The first-order chi connectivity index (χ1) is 8.26. The van der Waals surface area contributed by atoms with Crippen LogP contribution in [0, 0.1) is 0 Å². The highest BCUT2D eigenvalue weighted by atomic mass is 79.9. The molecule has 6 heteroatoms. The topological polar surface area (TPSA) is 30.7 Å². The lowest BCUT2D eigenvalue weighted by Gasteiger charge is -2.05. The first-order valence-corrected chi connectivity index (χ1v) is 8.04. The number of pyridine rings is 1. The van der Waals surface area contributed by atoms with Gasteiger partial charge >= 0.3 is 0 Å². The van der Waals surface area contributed by atoms with Crippen LogP contribution in [0.2, 0.25) is 0 Å². The highest BCUT2D eigenvalue weighted by Gasteiger charge is 2.10. The van der Waals surface area contributed by atoms with Gasteiger partial charge in [0.25, 0.3) is 0 Å². The standard InChI is InChI=1S/C11H13BrClN3S/c1-17-4-2-3-16-10(6-13)15-9-5-8(12)7-14-11(9)16/h5,7H,2-4,6H2,1H3. The Bertz CT molecular complexity index is 515. The summed E-state index contributed by atoms with van der Waals surface area (Å²) >= 11 is 11.2. The van der Waals surface area contributed by atoms with Gasteiger partial charge in [-0.1, -0.05) is 0 Å². The molecule has 92 valence electrons. The third-order valence-electron chi connectivity index (χ3n) is 2.48. The molecule has 0 aliphatic heterocycles. The van der Waals surface area contributed by atoms with E-state index in [9.17, 15) is 0 Å². The number of fused-ring (bicyclic) bond motifs is 1. The highest BCUT2D eigenvalue weighted by Crippen LogP contribution is 2.20. The minimum absolute atomic E-state index is 0.424. The lowest BCUT2D eigenvalue weighted by Crippen LogP contribution is -2.04. The first kappa shape index (κ1) is 13.2. The number of aromatic nitrogens is 3.